The number of carbonyl (C=O) groups is 1. The van der Waals surface area contributed by atoms with Gasteiger partial charge in [0.25, 0.3) is 0 Å². The van der Waals surface area contributed by atoms with Gasteiger partial charge in [-0.1, -0.05) is 25.1 Å². The average Bonchev–Trinajstić information content (AvgIpc) is 2.87. The van der Waals surface area contributed by atoms with Crippen LogP contribution in [-0.4, -0.2) is 17.3 Å². The second-order valence-corrected chi connectivity index (χ2v) is 6.27. The first-order valence-electron chi connectivity index (χ1n) is 7.62. The Labute approximate surface area is 118 Å². The van der Waals surface area contributed by atoms with E-state index in [1.165, 1.54) is 17.4 Å². The van der Waals surface area contributed by atoms with Gasteiger partial charge >= 0.3 is 0 Å². The number of nitrogens with one attached hydrogen (secondary N) is 2. The van der Waals surface area contributed by atoms with Crippen LogP contribution < -0.4 is 5.32 Å². The minimum Gasteiger partial charge on any atom is -0.352 e. The highest BCUT2D eigenvalue weighted by Gasteiger charge is 2.47. The van der Waals surface area contributed by atoms with Crippen LogP contribution in [0.1, 0.15) is 54.7 Å². The molecule has 0 radical (unpaired) electrons. The summed E-state index contributed by atoms with van der Waals surface area (Å²) in [5, 5.41) is 4.91. The molecule has 1 aliphatic carbocycles. The number of Topliss-reactive ketones (excluding diaryl/α,β-unsaturated/α-hetero) is 1. The van der Waals surface area contributed by atoms with Crippen molar-refractivity contribution in [3.8, 4) is 0 Å². The maximum absolute atomic E-state index is 12.6. The van der Waals surface area contributed by atoms with Gasteiger partial charge in [-0.15, -0.1) is 0 Å². The number of rotatable bonds is 1. The van der Waals surface area contributed by atoms with Crippen LogP contribution in [0, 0.1) is 5.41 Å². The first-order chi connectivity index (χ1) is 9.75. The number of aromatic nitrogens is 1. The third kappa shape index (κ3) is 1.47. The molecule has 3 heteroatoms. The molecule has 0 unspecified atom stereocenters. The minimum atomic E-state index is 0.118. The van der Waals surface area contributed by atoms with E-state index in [1.807, 2.05) is 6.07 Å². The van der Waals surface area contributed by atoms with Crippen molar-refractivity contribution < 1.29 is 4.79 Å². The Morgan fingerprint density at radius 2 is 2.20 bits per heavy atom. The quantitative estimate of drug-likeness (QED) is 0.830. The van der Waals surface area contributed by atoms with Crippen LogP contribution in [0.25, 0.3) is 10.9 Å². The molecule has 2 atom stereocenters. The lowest BCUT2D eigenvalue weighted by Crippen LogP contribution is -2.47. The van der Waals surface area contributed by atoms with E-state index in [9.17, 15) is 4.79 Å². The number of H-pyrrole nitrogens is 1. The molecule has 0 amide bonds. The van der Waals surface area contributed by atoms with Crippen molar-refractivity contribution in [2.24, 2.45) is 5.41 Å². The van der Waals surface area contributed by atoms with E-state index in [2.05, 4.69) is 35.4 Å². The summed E-state index contributed by atoms with van der Waals surface area (Å²) in [5.74, 6) is 0.290. The van der Waals surface area contributed by atoms with Crippen LogP contribution in [0.4, 0.5) is 0 Å². The molecule has 2 heterocycles. The number of carbonyl (C=O) groups excluding carboxylic acids is 1. The fraction of sp³-hybridized carbons (Fsp3) is 0.471. The van der Waals surface area contributed by atoms with Crippen molar-refractivity contribution >= 4 is 16.7 Å². The number of aromatic amines is 1. The molecule has 0 spiro atoms. The molecule has 20 heavy (non-hydrogen) atoms. The van der Waals surface area contributed by atoms with Crippen molar-refractivity contribution in [2.45, 2.75) is 38.6 Å². The van der Waals surface area contributed by atoms with E-state index in [-0.39, 0.29) is 11.2 Å². The number of ketones is 1. The monoisotopic (exact) mass is 268 g/mol. The molecule has 1 aromatic carbocycles. The van der Waals surface area contributed by atoms with Crippen LogP contribution in [0.3, 0.4) is 0 Å². The first kappa shape index (κ1) is 12.2. The summed E-state index contributed by atoms with van der Waals surface area (Å²) in [4.78, 5) is 16.0. The Balaban J connectivity index is 1.99. The fourth-order valence-electron chi connectivity index (χ4n) is 4.24. The summed E-state index contributed by atoms with van der Waals surface area (Å²) >= 11 is 0. The van der Waals surface area contributed by atoms with E-state index in [0.717, 1.165) is 30.6 Å². The third-order valence-corrected chi connectivity index (χ3v) is 5.34. The summed E-state index contributed by atoms with van der Waals surface area (Å²) in [6.07, 6.45) is 4.08. The van der Waals surface area contributed by atoms with Gasteiger partial charge in [-0.2, -0.15) is 0 Å². The number of piperidine rings is 1. The average molecular weight is 268 g/mol. The van der Waals surface area contributed by atoms with Crippen LogP contribution in [0.5, 0.6) is 0 Å². The third-order valence-electron chi connectivity index (χ3n) is 5.34. The topological polar surface area (TPSA) is 44.9 Å². The van der Waals surface area contributed by atoms with E-state index < -0.39 is 0 Å². The van der Waals surface area contributed by atoms with Crippen molar-refractivity contribution in [1.82, 2.24) is 10.3 Å². The highest BCUT2D eigenvalue weighted by molar-refractivity contribution is 6.04. The van der Waals surface area contributed by atoms with E-state index >= 15 is 0 Å². The zero-order chi connectivity index (χ0) is 13.7. The number of fused-ring (bicyclic) bond motifs is 5. The van der Waals surface area contributed by atoms with Crippen molar-refractivity contribution in [3.05, 3.63) is 35.5 Å². The van der Waals surface area contributed by atoms with Crippen LogP contribution >= 0.6 is 0 Å². The molecule has 2 aromatic rings. The van der Waals surface area contributed by atoms with Gasteiger partial charge in [-0.05, 0) is 37.3 Å². The molecular formula is C17H20N2O. The molecule has 2 aliphatic rings. The van der Waals surface area contributed by atoms with Crippen molar-refractivity contribution in [3.63, 3.8) is 0 Å². The number of benzene rings is 1. The van der Waals surface area contributed by atoms with Gasteiger partial charge in [-0.25, -0.2) is 0 Å². The minimum absolute atomic E-state index is 0.118. The maximum Gasteiger partial charge on any atom is 0.180 e. The molecule has 0 bridgehead atoms. The molecule has 1 aromatic heterocycles. The van der Waals surface area contributed by atoms with Crippen LogP contribution in [0.15, 0.2) is 24.3 Å². The molecule has 1 saturated heterocycles. The van der Waals surface area contributed by atoms with Gasteiger partial charge in [0.2, 0.25) is 0 Å². The normalized spacial score (nSPS) is 29.2. The predicted molar refractivity (Wildman–Crippen MR) is 79.9 cm³/mol. The largest absolute Gasteiger partial charge is 0.352 e. The van der Waals surface area contributed by atoms with E-state index in [4.69, 9.17) is 0 Å². The molecule has 0 saturated carbocycles. The van der Waals surface area contributed by atoms with Gasteiger partial charge < -0.3 is 10.3 Å². The Hall–Kier alpha value is -1.61. The molecule has 2 N–H and O–H groups in total. The second-order valence-electron chi connectivity index (χ2n) is 6.27. The second kappa shape index (κ2) is 4.19. The summed E-state index contributed by atoms with van der Waals surface area (Å²) < 4.78 is 0. The zero-order valence-corrected chi connectivity index (χ0v) is 11.8. The smallest absolute Gasteiger partial charge is 0.180 e. The molecule has 104 valence electrons. The molecule has 1 aliphatic heterocycles. The number of para-hydroxylation sites is 1. The Morgan fingerprint density at radius 1 is 1.35 bits per heavy atom. The van der Waals surface area contributed by atoms with Crippen molar-refractivity contribution in [1.29, 1.82) is 0 Å². The Kier molecular flexibility index (Phi) is 2.55. The number of hydrogen-bond donors (Lipinski definition) is 2. The highest BCUT2D eigenvalue weighted by Crippen LogP contribution is 2.52. The molecule has 4 rings (SSSR count). The van der Waals surface area contributed by atoms with Crippen LogP contribution in [0.2, 0.25) is 0 Å². The summed E-state index contributed by atoms with van der Waals surface area (Å²) in [6, 6.07) is 8.62. The summed E-state index contributed by atoms with van der Waals surface area (Å²) in [5.41, 5.74) is 3.27. The standard InChI is InChI=1S/C17H20N2O/c1-2-17-8-5-9-18-16(17)14-11-6-3-4-7-12(11)19-15(14)13(20)10-17/h3-4,6-7,16,18-19H,2,5,8-10H2,1H3/t16-,17+/m0/s1. The summed E-state index contributed by atoms with van der Waals surface area (Å²) in [6.45, 7) is 3.28. The maximum atomic E-state index is 12.6. The van der Waals surface area contributed by atoms with Crippen molar-refractivity contribution in [2.75, 3.05) is 6.54 Å². The van der Waals surface area contributed by atoms with Gasteiger partial charge in [0, 0.05) is 28.9 Å². The fourth-order valence-corrected chi connectivity index (χ4v) is 4.24. The van der Waals surface area contributed by atoms with Crippen LogP contribution in [-0.2, 0) is 0 Å². The molecule has 3 nitrogen and oxygen atoms in total. The SMILES string of the molecule is CC[C@]12CCCN[C@H]1c1c([nH]c3ccccc13)C(=O)C2. The van der Waals surface area contributed by atoms with Gasteiger partial charge in [0.1, 0.15) is 0 Å². The van der Waals surface area contributed by atoms with Gasteiger partial charge in [0.05, 0.1) is 5.69 Å². The van der Waals surface area contributed by atoms with E-state index in [1.54, 1.807) is 0 Å². The lowest BCUT2D eigenvalue weighted by atomic mass is 9.63. The lowest BCUT2D eigenvalue weighted by molar-refractivity contribution is 0.0688. The summed E-state index contributed by atoms with van der Waals surface area (Å²) in [7, 11) is 0. The lowest BCUT2D eigenvalue weighted by Gasteiger charge is -2.47. The van der Waals surface area contributed by atoms with E-state index in [0.29, 0.717) is 12.5 Å². The molecular weight excluding hydrogens is 248 g/mol. The predicted octanol–water partition coefficient (Wildman–Crippen LogP) is 3.58. The Morgan fingerprint density at radius 3 is 3.05 bits per heavy atom. The highest BCUT2D eigenvalue weighted by atomic mass is 16.1. The zero-order valence-electron chi connectivity index (χ0n) is 11.8. The van der Waals surface area contributed by atoms with Gasteiger partial charge in [-0.3, -0.25) is 4.79 Å². The first-order valence-corrected chi connectivity index (χ1v) is 7.62. The Bertz CT molecular complexity index is 687. The van der Waals surface area contributed by atoms with Gasteiger partial charge in [0.15, 0.2) is 5.78 Å². The molecule has 1 fully saturated rings. The number of hydrogen-bond acceptors (Lipinski definition) is 2.